The highest BCUT2D eigenvalue weighted by Crippen LogP contribution is 2.26. The Bertz CT molecular complexity index is 331. The van der Waals surface area contributed by atoms with Crippen LogP contribution in [-0.2, 0) is 4.74 Å². The van der Waals surface area contributed by atoms with Crippen LogP contribution in [0.5, 0.6) is 5.75 Å². The molecule has 3 nitrogen and oxygen atoms in total. The molecule has 0 aliphatic heterocycles. The van der Waals surface area contributed by atoms with E-state index in [0.29, 0.717) is 11.6 Å². The van der Waals surface area contributed by atoms with Gasteiger partial charge in [-0.1, -0.05) is 24.9 Å². The second-order valence-electron chi connectivity index (χ2n) is 3.74. The smallest absolute Gasteiger partial charge is 0.121 e. The molecule has 0 fully saturated rings. The van der Waals surface area contributed by atoms with Gasteiger partial charge in [-0.05, 0) is 18.6 Å². The van der Waals surface area contributed by atoms with E-state index in [1.807, 2.05) is 18.2 Å². The summed E-state index contributed by atoms with van der Waals surface area (Å²) in [6.45, 7) is 4.41. The maximum Gasteiger partial charge on any atom is 0.121 e. The monoisotopic (exact) mass is 257 g/mol. The Morgan fingerprint density at radius 3 is 2.82 bits per heavy atom. The van der Waals surface area contributed by atoms with Gasteiger partial charge in [-0.2, -0.15) is 0 Å². The lowest BCUT2D eigenvalue weighted by Crippen LogP contribution is -2.10. The van der Waals surface area contributed by atoms with E-state index in [0.717, 1.165) is 37.4 Å². The van der Waals surface area contributed by atoms with Gasteiger partial charge in [-0.15, -0.1) is 0 Å². The van der Waals surface area contributed by atoms with Gasteiger partial charge in [0, 0.05) is 19.2 Å². The number of ether oxygens (including phenoxy) is 2. The Kier molecular flexibility index (Phi) is 6.82. The number of halogens is 1. The molecule has 0 amide bonds. The van der Waals surface area contributed by atoms with Gasteiger partial charge < -0.3 is 14.8 Å². The summed E-state index contributed by atoms with van der Waals surface area (Å²) in [5, 5.41) is 3.92. The average molecular weight is 258 g/mol. The summed E-state index contributed by atoms with van der Waals surface area (Å²) >= 11 is 6.06. The minimum Gasteiger partial charge on any atom is -0.497 e. The van der Waals surface area contributed by atoms with E-state index in [-0.39, 0.29) is 0 Å². The molecule has 4 heteroatoms. The molecular weight excluding hydrogens is 238 g/mol. The quantitative estimate of drug-likeness (QED) is 0.722. The van der Waals surface area contributed by atoms with Crippen molar-refractivity contribution in [2.75, 3.05) is 32.2 Å². The molecule has 0 saturated carbocycles. The van der Waals surface area contributed by atoms with Gasteiger partial charge in [-0.3, -0.25) is 0 Å². The molecule has 0 spiro atoms. The van der Waals surface area contributed by atoms with Crippen molar-refractivity contribution in [2.45, 2.75) is 19.8 Å². The molecule has 0 aromatic heterocycles. The third-order valence-electron chi connectivity index (χ3n) is 2.38. The van der Waals surface area contributed by atoms with Gasteiger partial charge in [0.1, 0.15) is 5.75 Å². The lowest BCUT2D eigenvalue weighted by molar-refractivity contribution is 0.141. The minimum atomic E-state index is 0.688. The molecule has 1 rings (SSSR count). The van der Waals surface area contributed by atoms with E-state index in [1.54, 1.807) is 7.11 Å². The zero-order chi connectivity index (χ0) is 12.5. The molecule has 0 aliphatic rings. The molecule has 0 saturated heterocycles. The summed E-state index contributed by atoms with van der Waals surface area (Å²) < 4.78 is 10.6. The summed E-state index contributed by atoms with van der Waals surface area (Å²) in [6, 6.07) is 5.54. The zero-order valence-electron chi connectivity index (χ0n) is 10.5. The number of methoxy groups -OCH3 is 1. The molecule has 1 aromatic rings. The molecule has 1 N–H and O–H groups in total. The maximum absolute atomic E-state index is 6.06. The molecule has 0 unspecified atom stereocenters. The van der Waals surface area contributed by atoms with Crippen molar-refractivity contribution in [1.82, 2.24) is 0 Å². The van der Waals surface area contributed by atoms with Crippen LogP contribution in [0.2, 0.25) is 5.02 Å². The summed E-state index contributed by atoms with van der Waals surface area (Å²) in [5.41, 5.74) is 0.880. The number of rotatable bonds is 8. The van der Waals surface area contributed by atoms with E-state index in [4.69, 9.17) is 21.1 Å². The number of anilines is 1. The van der Waals surface area contributed by atoms with Crippen LogP contribution in [0.3, 0.4) is 0 Å². The summed E-state index contributed by atoms with van der Waals surface area (Å²) in [4.78, 5) is 0. The predicted octanol–water partition coefficient (Wildman–Crippen LogP) is 3.58. The number of unbranched alkanes of at least 4 members (excludes halogenated alkanes) is 1. The van der Waals surface area contributed by atoms with E-state index in [1.165, 1.54) is 0 Å². The Morgan fingerprint density at radius 2 is 2.12 bits per heavy atom. The molecule has 0 aliphatic carbocycles. The molecule has 17 heavy (non-hydrogen) atoms. The van der Waals surface area contributed by atoms with Gasteiger partial charge in [0.25, 0.3) is 0 Å². The van der Waals surface area contributed by atoms with Gasteiger partial charge in [0.2, 0.25) is 0 Å². The predicted molar refractivity (Wildman–Crippen MR) is 72.2 cm³/mol. The Labute approximate surface area is 108 Å². The van der Waals surface area contributed by atoms with Crippen LogP contribution in [-0.4, -0.2) is 26.9 Å². The second-order valence-corrected chi connectivity index (χ2v) is 4.15. The number of hydrogen-bond donors (Lipinski definition) is 1. The normalized spacial score (nSPS) is 10.3. The molecule has 96 valence electrons. The largest absolute Gasteiger partial charge is 0.497 e. The third kappa shape index (κ3) is 5.29. The van der Waals surface area contributed by atoms with Gasteiger partial charge >= 0.3 is 0 Å². The standard InChI is InChI=1S/C13H20ClNO2/c1-3-4-8-17-9-7-15-13-10-11(16-2)5-6-12(13)14/h5-6,10,15H,3-4,7-9H2,1-2H3. The molecule has 0 atom stereocenters. The summed E-state index contributed by atoms with van der Waals surface area (Å²) in [6.07, 6.45) is 2.27. The van der Waals surface area contributed by atoms with Crippen molar-refractivity contribution in [3.05, 3.63) is 23.2 Å². The van der Waals surface area contributed by atoms with Crippen molar-refractivity contribution >= 4 is 17.3 Å². The Hall–Kier alpha value is -0.930. The lowest BCUT2D eigenvalue weighted by atomic mass is 10.3. The Balaban J connectivity index is 2.30. The van der Waals surface area contributed by atoms with Crippen LogP contribution in [0, 0.1) is 0 Å². The molecule has 0 radical (unpaired) electrons. The van der Waals surface area contributed by atoms with Crippen LogP contribution >= 0.6 is 11.6 Å². The van der Waals surface area contributed by atoms with Gasteiger partial charge in [0.05, 0.1) is 24.4 Å². The SMILES string of the molecule is CCCCOCCNc1cc(OC)ccc1Cl. The second kappa shape index (κ2) is 8.20. The first-order valence-corrected chi connectivity index (χ1v) is 6.31. The molecule has 1 aromatic carbocycles. The van der Waals surface area contributed by atoms with E-state index in [9.17, 15) is 0 Å². The zero-order valence-corrected chi connectivity index (χ0v) is 11.2. The first-order valence-electron chi connectivity index (χ1n) is 5.93. The van der Waals surface area contributed by atoms with Crippen LogP contribution < -0.4 is 10.1 Å². The maximum atomic E-state index is 6.06. The summed E-state index contributed by atoms with van der Waals surface area (Å²) in [5.74, 6) is 0.795. The minimum absolute atomic E-state index is 0.688. The average Bonchev–Trinajstić information content (AvgIpc) is 2.35. The van der Waals surface area contributed by atoms with Crippen LogP contribution in [0.25, 0.3) is 0 Å². The molecule has 0 heterocycles. The number of nitrogens with one attached hydrogen (secondary N) is 1. The topological polar surface area (TPSA) is 30.5 Å². The van der Waals surface area contributed by atoms with Crippen LogP contribution in [0.1, 0.15) is 19.8 Å². The van der Waals surface area contributed by atoms with Gasteiger partial charge in [-0.25, -0.2) is 0 Å². The molecule has 0 bridgehead atoms. The fourth-order valence-electron chi connectivity index (χ4n) is 1.37. The van der Waals surface area contributed by atoms with Gasteiger partial charge in [0.15, 0.2) is 0 Å². The van der Waals surface area contributed by atoms with E-state index < -0.39 is 0 Å². The summed E-state index contributed by atoms with van der Waals surface area (Å²) in [7, 11) is 1.64. The van der Waals surface area contributed by atoms with E-state index >= 15 is 0 Å². The van der Waals surface area contributed by atoms with E-state index in [2.05, 4.69) is 12.2 Å². The Morgan fingerprint density at radius 1 is 1.29 bits per heavy atom. The van der Waals surface area contributed by atoms with Crippen molar-refractivity contribution in [1.29, 1.82) is 0 Å². The van der Waals surface area contributed by atoms with Crippen molar-refractivity contribution in [3.8, 4) is 5.75 Å². The highest BCUT2D eigenvalue weighted by atomic mass is 35.5. The number of hydrogen-bond acceptors (Lipinski definition) is 3. The van der Waals surface area contributed by atoms with Crippen molar-refractivity contribution in [3.63, 3.8) is 0 Å². The van der Waals surface area contributed by atoms with Crippen molar-refractivity contribution < 1.29 is 9.47 Å². The fraction of sp³-hybridized carbons (Fsp3) is 0.538. The highest BCUT2D eigenvalue weighted by Gasteiger charge is 2.01. The van der Waals surface area contributed by atoms with Crippen LogP contribution in [0.4, 0.5) is 5.69 Å². The third-order valence-corrected chi connectivity index (χ3v) is 2.71. The highest BCUT2D eigenvalue weighted by molar-refractivity contribution is 6.33. The lowest BCUT2D eigenvalue weighted by Gasteiger charge is -2.10. The fourth-order valence-corrected chi connectivity index (χ4v) is 1.56. The molecular formula is C13H20ClNO2. The first-order chi connectivity index (χ1) is 8.27. The van der Waals surface area contributed by atoms with Crippen LogP contribution in [0.15, 0.2) is 18.2 Å². The number of benzene rings is 1. The van der Waals surface area contributed by atoms with Crippen molar-refractivity contribution in [2.24, 2.45) is 0 Å². The first kappa shape index (κ1) is 14.1.